The third-order valence-corrected chi connectivity index (χ3v) is 6.51. The van der Waals surface area contributed by atoms with Crippen molar-refractivity contribution in [3.8, 4) is 5.75 Å². The van der Waals surface area contributed by atoms with Crippen LogP contribution in [0.3, 0.4) is 0 Å². The number of ether oxygens (including phenoxy) is 1. The molecule has 1 aliphatic carbocycles. The molecule has 0 radical (unpaired) electrons. The van der Waals surface area contributed by atoms with Crippen molar-refractivity contribution in [3.05, 3.63) is 58.8 Å². The van der Waals surface area contributed by atoms with E-state index in [1.54, 1.807) is 6.07 Å². The number of rotatable bonds is 2. The van der Waals surface area contributed by atoms with Gasteiger partial charge in [-0.25, -0.2) is 0 Å². The molecule has 5 heteroatoms. The number of hydrogen-bond acceptors (Lipinski definition) is 4. The lowest BCUT2D eigenvalue weighted by Gasteiger charge is -2.40. The molecule has 0 unspecified atom stereocenters. The lowest BCUT2D eigenvalue weighted by Crippen LogP contribution is -2.43. The molecule has 1 aliphatic heterocycles. The molecule has 1 spiro atoms. The Kier molecular flexibility index (Phi) is 4.42. The number of fused-ring (bicyclic) bond motifs is 3. The van der Waals surface area contributed by atoms with Crippen molar-refractivity contribution >= 4 is 28.3 Å². The molecular formula is C25H25NO4. The first-order chi connectivity index (χ1) is 14.5. The lowest BCUT2D eigenvalue weighted by molar-refractivity contribution is 0.0139. The number of nitrogens with one attached hydrogen (secondary N) is 1. The Morgan fingerprint density at radius 3 is 2.57 bits per heavy atom. The zero-order chi connectivity index (χ0) is 20.9. The van der Waals surface area contributed by atoms with Gasteiger partial charge in [0.25, 0.3) is 5.91 Å². The fourth-order valence-corrected chi connectivity index (χ4v) is 4.92. The normalized spacial score (nSPS) is 17.6. The second kappa shape index (κ2) is 7.01. The minimum absolute atomic E-state index is 0.0820. The molecule has 2 heterocycles. The number of aryl methyl sites for hydroxylation is 2. The van der Waals surface area contributed by atoms with Gasteiger partial charge >= 0.3 is 0 Å². The minimum Gasteiger partial charge on any atom is -0.486 e. The zero-order valence-electron chi connectivity index (χ0n) is 17.3. The van der Waals surface area contributed by atoms with Crippen LogP contribution < -0.4 is 10.1 Å². The Morgan fingerprint density at radius 1 is 1.03 bits per heavy atom. The SMILES string of the molecule is Cc1ccccc1NC(=O)c1oc2ccc3c(c2c1C)C(=O)CC1(CCCCC1)O3. The summed E-state index contributed by atoms with van der Waals surface area (Å²) in [5, 5.41) is 3.61. The molecule has 5 nitrogen and oxygen atoms in total. The van der Waals surface area contributed by atoms with E-state index >= 15 is 0 Å². The van der Waals surface area contributed by atoms with Gasteiger partial charge in [0.1, 0.15) is 16.9 Å². The molecule has 1 aromatic heterocycles. The zero-order valence-corrected chi connectivity index (χ0v) is 17.3. The lowest BCUT2D eigenvalue weighted by atomic mass is 9.78. The van der Waals surface area contributed by atoms with E-state index < -0.39 is 0 Å². The van der Waals surface area contributed by atoms with Gasteiger partial charge in [-0.05, 0) is 63.3 Å². The van der Waals surface area contributed by atoms with Crippen LogP contribution in [-0.4, -0.2) is 17.3 Å². The highest BCUT2D eigenvalue weighted by Crippen LogP contribution is 2.45. The summed E-state index contributed by atoms with van der Waals surface area (Å²) in [4.78, 5) is 26.1. The molecule has 30 heavy (non-hydrogen) atoms. The van der Waals surface area contributed by atoms with Gasteiger partial charge in [0.05, 0.1) is 12.0 Å². The number of hydrogen-bond donors (Lipinski definition) is 1. The molecule has 5 rings (SSSR count). The molecule has 1 fully saturated rings. The summed E-state index contributed by atoms with van der Waals surface area (Å²) in [6.45, 7) is 3.77. The number of para-hydroxylation sites is 1. The fraction of sp³-hybridized carbons (Fsp3) is 0.360. The van der Waals surface area contributed by atoms with Crippen molar-refractivity contribution < 1.29 is 18.7 Å². The van der Waals surface area contributed by atoms with Crippen molar-refractivity contribution in [1.29, 1.82) is 0 Å². The summed E-state index contributed by atoms with van der Waals surface area (Å²) >= 11 is 0. The number of furan rings is 1. The van der Waals surface area contributed by atoms with Crippen LogP contribution in [0.25, 0.3) is 11.0 Å². The maximum absolute atomic E-state index is 13.2. The Hall–Kier alpha value is -3.08. The van der Waals surface area contributed by atoms with E-state index in [2.05, 4.69) is 5.32 Å². The second-order valence-corrected chi connectivity index (χ2v) is 8.58. The Labute approximate surface area is 175 Å². The summed E-state index contributed by atoms with van der Waals surface area (Å²) < 4.78 is 12.3. The van der Waals surface area contributed by atoms with E-state index in [0.717, 1.165) is 36.9 Å². The van der Waals surface area contributed by atoms with E-state index in [0.29, 0.717) is 34.3 Å². The highest BCUT2D eigenvalue weighted by atomic mass is 16.5. The Bertz CT molecular complexity index is 1170. The first-order valence-corrected chi connectivity index (χ1v) is 10.6. The van der Waals surface area contributed by atoms with Crippen LogP contribution in [0.4, 0.5) is 5.69 Å². The number of ketones is 1. The van der Waals surface area contributed by atoms with Gasteiger partial charge in [0.15, 0.2) is 11.5 Å². The van der Waals surface area contributed by atoms with Crippen LogP contribution in [0, 0.1) is 13.8 Å². The maximum atomic E-state index is 13.2. The van der Waals surface area contributed by atoms with Crippen molar-refractivity contribution in [2.45, 2.75) is 58.0 Å². The minimum atomic E-state index is -0.362. The van der Waals surface area contributed by atoms with Gasteiger partial charge in [-0.1, -0.05) is 24.6 Å². The number of carbonyl (C=O) groups is 2. The van der Waals surface area contributed by atoms with Crippen molar-refractivity contribution in [2.24, 2.45) is 0 Å². The average Bonchev–Trinajstić information content (AvgIpc) is 3.07. The van der Waals surface area contributed by atoms with Crippen LogP contribution in [0.15, 0.2) is 40.8 Å². The fourth-order valence-electron chi connectivity index (χ4n) is 4.92. The van der Waals surface area contributed by atoms with Gasteiger partial charge in [-0.3, -0.25) is 9.59 Å². The Morgan fingerprint density at radius 2 is 1.80 bits per heavy atom. The molecule has 2 aliphatic rings. The summed E-state index contributed by atoms with van der Waals surface area (Å²) in [6, 6.07) is 11.2. The topological polar surface area (TPSA) is 68.5 Å². The predicted molar refractivity (Wildman–Crippen MR) is 115 cm³/mol. The molecule has 2 aromatic carbocycles. The predicted octanol–water partition coefficient (Wildman–Crippen LogP) is 5.97. The summed E-state index contributed by atoms with van der Waals surface area (Å²) in [5.74, 6) is 0.612. The number of Topliss-reactive ketones (excluding diaryl/α,β-unsaturated/α-hetero) is 1. The smallest absolute Gasteiger partial charge is 0.291 e. The first kappa shape index (κ1) is 18.9. The average molecular weight is 403 g/mol. The van der Waals surface area contributed by atoms with Gasteiger partial charge in [-0.2, -0.15) is 0 Å². The first-order valence-electron chi connectivity index (χ1n) is 10.6. The summed E-state index contributed by atoms with van der Waals surface area (Å²) in [7, 11) is 0. The summed E-state index contributed by atoms with van der Waals surface area (Å²) in [6.07, 6.45) is 5.63. The molecular weight excluding hydrogens is 378 g/mol. The third kappa shape index (κ3) is 3.00. The number of carbonyl (C=O) groups excluding carboxylic acids is 2. The monoisotopic (exact) mass is 403 g/mol. The van der Waals surface area contributed by atoms with E-state index in [-0.39, 0.29) is 23.1 Å². The van der Waals surface area contributed by atoms with E-state index in [1.807, 2.05) is 44.2 Å². The number of amides is 1. The van der Waals surface area contributed by atoms with Crippen LogP contribution in [-0.2, 0) is 0 Å². The van der Waals surface area contributed by atoms with Gasteiger partial charge < -0.3 is 14.5 Å². The maximum Gasteiger partial charge on any atom is 0.291 e. The Balaban J connectivity index is 1.54. The largest absolute Gasteiger partial charge is 0.486 e. The quantitative estimate of drug-likeness (QED) is 0.572. The van der Waals surface area contributed by atoms with Crippen molar-refractivity contribution in [1.82, 2.24) is 0 Å². The highest BCUT2D eigenvalue weighted by molar-refractivity contribution is 6.15. The van der Waals surface area contributed by atoms with Crippen LogP contribution >= 0.6 is 0 Å². The standard InChI is InChI=1S/C25H25NO4/c1-15-8-4-5-9-17(15)26-24(28)23-16(2)21-19(29-23)10-11-20-22(21)18(27)14-25(30-20)12-6-3-7-13-25/h4-5,8-11H,3,6-7,12-14H2,1-2H3,(H,26,28). The summed E-state index contributed by atoms with van der Waals surface area (Å²) in [5.41, 5.74) is 3.11. The van der Waals surface area contributed by atoms with Crippen LogP contribution in [0.1, 0.15) is 70.6 Å². The van der Waals surface area contributed by atoms with Gasteiger partial charge in [0, 0.05) is 16.6 Å². The molecule has 1 N–H and O–H groups in total. The van der Waals surface area contributed by atoms with E-state index in [9.17, 15) is 9.59 Å². The van der Waals surface area contributed by atoms with Gasteiger partial charge in [0.2, 0.25) is 0 Å². The van der Waals surface area contributed by atoms with E-state index in [4.69, 9.17) is 9.15 Å². The highest BCUT2D eigenvalue weighted by Gasteiger charge is 2.42. The molecule has 1 saturated carbocycles. The van der Waals surface area contributed by atoms with Crippen molar-refractivity contribution in [2.75, 3.05) is 5.32 Å². The molecule has 0 atom stereocenters. The molecule has 154 valence electrons. The number of anilines is 1. The molecule has 3 aromatic rings. The van der Waals surface area contributed by atoms with Crippen LogP contribution in [0.2, 0.25) is 0 Å². The molecule has 0 saturated heterocycles. The van der Waals surface area contributed by atoms with E-state index in [1.165, 1.54) is 6.42 Å². The molecule has 1 amide bonds. The molecule has 0 bridgehead atoms. The van der Waals surface area contributed by atoms with Crippen molar-refractivity contribution in [3.63, 3.8) is 0 Å². The van der Waals surface area contributed by atoms with Crippen LogP contribution in [0.5, 0.6) is 5.75 Å². The third-order valence-electron chi connectivity index (χ3n) is 6.51. The second-order valence-electron chi connectivity index (χ2n) is 8.58. The van der Waals surface area contributed by atoms with Gasteiger partial charge in [-0.15, -0.1) is 0 Å². The number of benzene rings is 2.